The Kier molecular flexibility index (Phi) is 8.08. The predicted octanol–water partition coefficient (Wildman–Crippen LogP) is 6.12. The molecule has 2 fully saturated rings. The molecule has 0 aliphatic carbocycles. The van der Waals surface area contributed by atoms with E-state index in [-0.39, 0.29) is 0 Å². The lowest BCUT2D eigenvalue weighted by Crippen LogP contribution is -2.46. The van der Waals surface area contributed by atoms with E-state index in [1.807, 2.05) is 12.4 Å². The molecule has 4 aromatic rings. The summed E-state index contributed by atoms with van der Waals surface area (Å²) in [4.78, 5) is 18.0. The van der Waals surface area contributed by atoms with E-state index in [0.717, 1.165) is 77.9 Å². The normalized spacial score (nSPS) is 17.2. The van der Waals surface area contributed by atoms with Crippen LogP contribution in [0.4, 0.5) is 11.4 Å². The molecule has 0 radical (unpaired) electrons. The SMILES string of the molecule is Cc1c(Nc2c(C#N)cncc2CCc2cccc(CN3CCC(N4CCCCC4)CC3)n2)ccc2[nH]ccc12. The number of fused-ring (bicyclic) bond motifs is 1. The maximum Gasteiger partial charge on any atom is 0.103 e. The van der Waals surface area contributed by atoms with Crippen LogP contribution in [0.2, 0.25) is 0 Å². The van der Waals surface area contributed by atoms with Crippen LogP contribution in [-0.4, -0.2) is 57.0 Å². The molecule has 0 spiro atoms. The summed E-state index contributed by atoms with van der Waals surface area (Å²) in [7, 11) is 0. The molecule has 2 aliphatic heterocycles. The number of hydrogen-bond donors (Lipinski definition) is 2. The van der Waals surface area contributed by atoms with Gasteiger partial charge in [0.1, 0.15) is 6.07 Å². The summed E-state index contributed by atoms with van der Waals surface area (Å²) < 4.78 is 0. The highest BCUT2D eigenvalue weighted by Crippen LogP contribution is 2.31. The maximum atomic E-state index is 9.84. The monoisotopic (exact) mass is 533 g/mol. The zero-order valence-electron chi connectivity index (χ0n) is 23.5. The smallest absolute Gasteiger partial charge is 0.103 e. The van der Waals surface area contributed by atoms with Crippen molar-refractivity contribution in [1.29, 1.82) is 5.26 Å². The summed E-state index contributed by atoms with van der Waals surface area (Å²) in [5, 5.41) is 14.6. The van der Waals surface area contributed by atoms with E-state index in [0.29, 0.717) is 5.56 Å². The van der Waals surface area contributed by atoms with E-state index in [2.05, 4.69) is 74.5 Å². The fraction of sp³-hybridized carbons (Fsp3) is 0.424. The average molecular weight is 534 g/mol. The van der Waals surface area contributed by atoms with Gasteiger partial charge in [-0.25, -0.2) is 0 Å². The van der Waals surface area contributed by atoms with Crippen molar-refractivity contribution in [2.45, 2.75) is 64.5 Å². The van der Waals surface area contributed by atoms with E-state index in [1.165, 1.54) is 50.6 Å². The van der Waals surface area contributed by atoms with Gasteiger partial charge in [-0.1, -0.05) is 12.5 Å². The molecule has 5 heterocycles. The summed E-state index contributed by atoms with van der Waals surface area (Å²) in [6, 6.07) is 15.7. The molecule has 206 valence electrons. The van der Waals surface area contributed by atoms with E-state index < -0.39 is 0 Å². The van der Waals surface area contributed by atoms with Crippen molar-refractivity contribution in [3.63, 3.8) is 0 Å². The fourth-order valence-electron chi connectivity index (χ4n) is 6.45. The van der Waals surface area contributed by atoms with Gasteiger partial charge in [-0.15, -0.1) is 0 Å². The Hall–Kier alpha value is -3.73. The number of pyridine rings is 2. The molecule has 2 aliphatic rings. The molecule has 3 aromatic heterocycles. The molecule has 1 aromatic carbocycles. The third kappa shape index (κ3) is 5.89. The fourth-order valence-corrected chi connectivity index (χ4v) is 6.45. The second-order valence-electron chi connectivity index (χ2n) is 11.4. The molecular weight excluding hydrogens is 494 g/mol. The number of nitrogens with zero attached hydrogens (tertiary/aromatic N) is 5. The summed E-state index contributed by atoms with van der Waals surface area (Å²) in [5.74, 6) is 0. The largest absolute Gasteiger partial charge is 0.361 e. The van der Waals surface area contributed by atoms with Crippen LogP contribution in [0.25, 0.3) is 10.9 Å². The van der Waals surface area contributed by atoms with Gasteiger partial charge in [-0.2, -0.15) is 5.26 Å². The van der Waals surface area contributed by atoms with Crippen LogP contribution in [0, 0.1) is 18.3 Å². The van der Waals surface area contributed by atoms with Crippen molar-refractivity contribution in [3.8, 4) is 6.07 Å². The number of likely N-dealkylation sites (tertiary alicyclic amines) is 2. The number of hydrogen-bond acceptors (Lipinski definition) is 6. The van der Waals surface area contributed by atoms with Crippen LogP contribution in [0.15, 0.2) is 55.0 Å². The Bertz CT molecular complexity index is 1490. The van der Waals surface area contributed by atoms with Crippen molar-refractivity contribution in [2.75, 3.05) is 31.5 Å². The number of rotatable bonds is 8. The number of aromatic nitrogens is 3. The molecule has 2 saturated heterocycles. The molecule has 0 bridgehead atoms. The first-order chi connectivity index (χ1) is 19.7. The molecule has 7 nitrogen and oxygen atoms in total. The van der Waals surface area contributed by atoms with Crippen LogP contribution in [-0.2, 0) is 19.4 Å². The highest BCUT2D eigenvalue weighted by Gasteiger charge is 2.25. The van der Waals surface area contributed by atoms with E-state index in [4.69, 9.17) is 4.98 Å². The second kappa shape index (κ2) is 12.2. The quantitative estimate of drug-likeness (QED) is 0.284. The average Bonchev–Trinajstić information content (AvgIpc) is 3.49. The zero-order chi connectivity index (χ0) is 27.3. The molecule has 0 amide bonds. The summed E-state index contributed by atoms with van der Waals surface area (Å²) in [6.45, 7) is 7.92. The van der Waals surface area contributed by atoms with E-state index in [9.17, 15) is 5.26 Å². The van der Waals surface area contributed by atoms with Crippen LogP contribution >= 0.6 is 0 Å². The van der Waals surface area contributed by atoms with Gasteiger partial charge in [0.25, 0.3) is 0 Å². The number of nitriles is 1. The molecule has 0 atom stereocenters. The number of aromatic amines is 1. The molecule has 40 heavy (non-hydrogen) atoms. The van der Waals surface area contributed by atoms with Crippen molar-refractivity contribution < 1.29 is 0 Å². The van der Waals surface area contributed by atoms with Crippen LogP contribution in [0.3, 0.4) is 0 Å². The minimum Gasteiger partial charge on any atom is -0.361 e. The minimum absolute atomic E-state index is 0.556. The Morgan fingerprint density at radius 1 is 0.975 bits per heavy atom. The molecule has 0 unspecified atom stereocenters. The van der Waals surface area contributed by atoms with E-state index >= 15 is 0 Å². The Labute approximate surface area is 237 Å². The van der Waals surface area contributed by atoms with Crippen molar-refractivity contribution >= 4 is 22.3 Å². The number of H-pyrrole nitrogens is 1. The minimum atomic E-state index is 0.556. The molecule has 0 saturated carbocycles. The topological polar surface area (TPSA) is 83.9 Å². The molecular formula is C33H39N7. The molecule has 7 heteroatoms. The Balaban J connectivity index is 1.10. The van der Waals surface area contributed by atoms with Gasteiger partial charge in [0.2, 0.25) is 0 Å². The highest BCUT2D eigenvalue weighted by atomic mass is 15.2. The Morgan fingerprint density at radius 3 is 2.62 bits per heavy atom. The van der Waals surface area contributed by atoms with Gasteiger partial charge >= 0.3 is 0 Å². The van der Waals surface area contributed by atoms with Gasteiger partial charge in [-0.3, -0.25) is 14.9 Å². The van der Waals surface area contributed by atoms with Gasteiger partial charge < -0.3 is 15.2 Å². The zero-order valence-corrected chi connectivity index (χ0v) is 23.5. The highest BCUT2D eigenvalue weighted by molar-refractivity contribution is 5.89. The lowest BCUT2D eigenvalue weighted by atomic mass is 10.00. The standard InChI is InChI=1S/C33H39N7/c1-24-30-12-15-36-32(30)11-10-31(24)38-33-25(21-35-22-26(33)20-34)8-9-27-6-5-7-28(37-27)23-39-18-13-29(14-19-39)40-16-3-2-4-17-40/h5-7,10-12,15,21-22,29,36H,2-4,8-9,13-14,16-19,23H2,1H3,(H,35,38). The predicted molar refractivity (Wildman–Crippen MR) is 161 cm³/mol. The third-order valence-corrected chi connectivity index (χ3v) is 8.77. The van der Waals surface area contributed by atoms with Gasteiger partial charge in [-0.05, 0) is 100.0 Å². The van der Waals surface area contributed by atoms with E-state index in [1.54, 1.807) is 6.20 Å². The Morgan fingerprint density at radius 2 is 1.80 bits per heavy atom. The van der Waals surface area contributed by atoms with Crippen molar-refractivity contribution in [1.82, 2.24) is 24.8 Å². The second-order valence-corrected chi connectivity index (χ2v) is 11.4. The first kappa shape index (κ1) is 26.5. The van der Waals surface area contributed by atoms with Crippen molar-refractivity contribution in [3.05, 3.63) is 83.1 Å². The van der Waals surface area contributed by atoms with Gasteiger partial charge in [0, 0.05) is 66.6 Å². The third-order valence-electron chi connectivity index (χ3n) is 8.77. The lowest BCUT2D eigenvalue weighted by Gasteiger charge is -2.40. The first-order valence-corrected chi connectivity index (χ1v) is 14.8. The van der Waals surface area contributed by atoms with Crippen LogP contribution < -0.4 is 5.32 Å². The maximum absolute atomic E-state index is 9.84. The molecule has 6 rings (SSSR count). The number of nitrogens with one attached hydrogen (secondary N) is 2. The summed E-state index contributed by atoms with van der Waals surface area (Å²) in [6.07, 6.45) is 13.7. The number of anilines is 2. The van der Waals surface area contributed by atoms with Gasteiger partial charge in [0.05, 0.1) is 16.9 Å². The molecule has 2 N–H and O–H groups in total. The van der Waals surface area contributed by atoms with Gasteiger partial charge in [0.15, 0.2) is 0 Å². The first-order valence-electron chi connectivity index (χ1n) is 14.8. The number of benzene rings is 1. The van der Waals surface area contributed by atoms with Crippen molar-refractivity contribution in [2.24, 2.45) is 0 Å². The summed E-state index contributed by atoms with van der Waals surface area (Å²) in [5.41, 5.74) is 7.91. The van der Waals surface area contributed by atoms with Crippen LogP contribution in [0.5, 0.6) is 0 Å². The number of aryl methyl sites for hydroxylation is 3. The lowest BCUT2D eigenvalue weighted by molar-refractivity contribution is 0.0891. The van der Waals surface area contributed by atoms with Crippen LogP contribution in [0.1, 0.15) is 60.2 Å². The summed E-state index contributed by atoms with van der Waals surface area (Å²) >= 11 is 0. The number of piperidine rings is 2.